The number of aromatic nitrogens is 2. The number of methoxy groups -OCH3 is 1. The number of hydrogen-bond acceptors (Lipinski definition) is 3. The van der Waals surface area contributed by atoms with Crippen molar-refractivity contribution in [2.75, 3.05) is 12.4 Å². The van der Waals surface area contributed by atoms with E-state index in [-0.39, 0.29) is 11.8 Å². The zero-order valence-corrected chi connectivity index (χ0v) is 15.2. The monoisotopic (exact) mass is 349 g/mol. The molecule has 5 nitrogen and oxygen atoms in total. The quantitative estimate of drug-likeness (QED) is 0.757. The predicted molar refractivity (Wildman–Crippen MR) is 103 cm³/mol. The fraction of sp³-hybridized carbons (Fsp3) is 0.333. The molecule has 0 saturated heterocycles. The Kier molecular flexibility index (Phi) is 4.37. The molecule has 1 saturated carbocycles. The molecule has 1 N–H and O–H groups in total. The molecule has 134 valence electrons. The fourth-order valence-corrected chi connectivity index (χ4v) is 3.71. The predicted octanol–water partition coefficient (Wildman–Crippen LogP) is 4.45. The van der Waals surface area contributed by atoms with Gasteiger partial charge in [0.2, 0.25) is 5.91 Å². The number of carbonyl (C=O) groups is 1. The third-order valence-electron chi connectivity index (χ3n) is 5.10. The normalized spacial score (nSPS) is 14.7. The highest BCUT2D eigenvalue weighted by atomic mass is 16.5. The van der Waals surface area contributed by atoms with Gasteiger partial charge < -0.3 is 10.1 Å². The van der Waals surface area contributed by atoms with Crippen LogP contribution in [0.4, 0.5) is 5.82 Å². The molecule has 0 radical (unpaired) electrons. The maximum Gasteiger partial charge on any atom is 0.228 e. The minimum Gasteiger partial charge on any atom is -0.496 e. The van der Waals surface area contributed by atoms with E-state index in [1.807, 2.05) is 53.9 Å². The van der Waals surface area contributed by atoms with Crippen molar-refractivity contribution in [3.05, 3.63) is 48.2 Å². The van der Waals surface area contributed by atoms with Gasteiger partial charge in [0.15, 0.2) is 0 Å². The van der Waals surface area contributed by atoms with Gasteiger partial charge in [-0.1, -0.05) is 31.0 Å². The summed E-state index contributed by atoms with van der Waals surface area (Å²) in [5, 5.41) is 3.16. The van der Waals surface area contributed by atoms with Gasteiger partial charge in [0.25, 0.3) is 0 Å². The second-order valence-corrected chi connectivity index (χ2v) is 6.91. The van der Waals surface area contributed by atoms with Crippen molar-refractivity contribution >= 4 is 17.4 Å². The molecular weight excluding hydrogens is 326 g/mol. The Balaban J connectivity index is 1.85. The molecule has 0 spiro atoms. The summed E-state index contributed by atoms with van der Waals surface area (Å²) in [6.07, 6.45) is 6.19. The highest BCUT2D eigenvalue weighted by Gasteiger charge is 2.26. The first-order valence-electron chi connectivity index (χ1n) is 9.10. The Bertz CT molecular complexity index is 955. The second-order valence-electron chi connectivity index (χ2n) is 6.91. The average Bonchev–Trinajstić information content (AvgIpc) is 3.30. The van der Waals surface area contributed by atoms with Gasteiger partial charge in [0.1, 0.15) is 22.9 Å². The van der Waals surface area contributed by atoms with Crippen molar-refractivity contribution < 1.29 is 9.53 Å². The van der Waals surface area contributed by atoms with Crippen LogP contribution in [0.5, 0.6) is 5.75 Å². The van der Waals surface area contributed by atoms with Crippen molar-refractivity contribution in [1.29, 1.82) is 0 Å². The lowest BCUT2D eigenvalue weighted by molar-refractivity contribution is -0.119. The van der Waals surface area contributed by atoms with E-state index in [0.29, 0.717) is 5.82 Å². The Hall–Kier alpha value is -2.82. The lowest BCUT2D eigenvalue weighted by atomic mass is 10.1. The summed E-state index contributed by atoms with van der Waals surface area (Å²) in [6, 6.07) is 11.8. The summed E-state index contributed by atoms with van der Waals surface area (Å²) < 4.78 is 7.48. The summed E-state index contributed by atoms with van der Waals surface area (Å²) >= 11 is 0. The maximum atomic E-state index is 12.8. The molecule has 0 bridgehead atoms. The number of para-hydroxylation sites is 1. The van der Waals surface area contributed by atoms with Gasteiger partial charge in [-0.05, 0) is 43.5 Å². The van der Waals surface area contributed by atoms with E-state index in [1.54, 1.807) is 7.11 Å². The molecule has 1 amide bonds. The van der Waals surface area contributed by atoms with E-state index in [0.717, 1.165) is 53.9 Å². The number of pyridine rings is 1. The third-order valence-corrected chi connectivity index (χ3v) is 5.10. The van der Waals surface area contributed by atoms with Crippen molar-refractivity contribution in [3.63, 3.8) is 0 Å². The van der Waals surface area contributed by atoms with Gasteiger partial charge in [0.05, 0.1) is 7.11 Å². The zero-order chi connectivity index (χ0) is 18.1. The number of fused-ring (bicyclic) bond motifs is 1. The van der Waals surface area contributed by atoms with E-state index in [1.165, 1.54) is 0 Å². The van der Waals surface area contributed by atoms with Crippen LogP contribution in [-0.4, -0.2) is 22.4 Å². The van der Waals surface area contributed by atoms with E-state index >= 15 is 0 Å². The molecule has 0 atom stereocenters. The van der Waals surface area contributed by atoms with Gasteiger partial charge in [-0.2, -0.15) is 0 Å². The fourth-order valence-electron chi connectivity index (χ4n) is 3.71. The SMILES string of the molecule is COc1ccccc1-c1nc2ccc(C)cn2c1NC(=O)C1CCCC1. The molecule has 1 aliphatic carbocycles. The van der Waals surface area contributed by atoms with Crippen LogP contribution < -0.4 is 10.1 Å². The Labute approximate surface area is 153 Å². The summed E-state index contributed by atoms with van der Waals surface area (Å²) in [6.45, 7) is 2.03. The van der Waals surface area contributed by atoms with Crippen LogP contribution in [0.2, 0.25) is 0 Å². The zero-order valence-electron chi connectivity index (χ0n) is 15.2. The average molecular weight is 349 g/mol. The lowest BCUT2D eigenvalue weighted by Gasteiger charge is -2.13. The van der Waals surface area contributed by atoms with Crippen LogP contribution in [0, 0.1) is 12.8 Å². The Morgan fingerprint density at radius 2 is 1.96 bits per heavy atom. The van der Waals surface area contributed by atoms with Crippen LogP contribution in [0.3, 0.4) is 0 Å². The third kappa shape index (κ3) is 2.94. The number of imidazole rings is 1. The molecule has 4 rings (SSSR count). The van der Waals surface area contributed by atoms with Gasteiger partial charge in [-0.25, -0.2) is 4.98 Å². The number of rotatable bonds is 4. The van der Waals surface area contributed by atoms with Crippen molar-refractivity contribution in [2.24, 2.45) is 5.92 Å². The standard InChI is InChI=1S/C21H23N3O2/c1-14-11-12-18-22-19(16-9-5-6-10-17(16)26-2)20(24(18)13-14)23-21(25)15-7-3-4-8-15/h5-6,9-13,15H,3-4,7-8H2,1-2H3,(H,23,25). The first-order chi connectivity index (χ1) is 12.7. The van der Waals surface area contributed by atoms with Crippen molar-refractivity contribution in [1.82, 2.24) is 9.38 Å². The molecular formula is C21H23N3O2. The number of hydrogen-bond donors (Lipinski definition) is 1. The van der Waals surface area contributed by atoms with Crippen LogP contribution in [0.1, 0.15) is 31.2 Å². The number of nitrogens with zero attached hydrogens (tertiary/aromatic N) is 2. The van der Waals surface area contributed by atoms with E-state index in [2.05, 4.69) is 5.32 Å². The molecule has 1 fully saturated rings. The molecule has 5 heteroatoms. The van der Waals surface area contributed by atoms with Gasteiger partial charge in [-0.15, -0.1) is 0 Å². The van der Waals surface area contributed by atoms with E-state index < -0.39 is 0 Å². The number of amides is 1. The second kappa shape index (κ2) is 6.83. The molecule has 26 heavy (non-hydrogen) atoms. The van der Waals surface area contributed by atoms with E-state index in [9.17, 15) is 4.79 Å². The highest BCUT2D eigenvalue weighted by molar-refractivity contribution is 5.96. The summed E-state index contributed by atoms with van der Waals surface area (Å²) in [5.74, 6) is 1.63. The smallest absolute Gasteiger partial charge is 0.228 e. The van der Waals surface area contributed by atoms with E-state index in [4.69, 9.17) is 9.72 Å². The largest absolute Gasteiger partial charge is 0.496 e. The number of ether oxygens (including phenoxy) is 1. The first kappa shape index (κ1) is 16.6. The molecule has 2 heterocycles. The highest BCUT2D eigenvalue weighted by Crippen LogP contribution is 2.36. The Morgan fingerprint density at radius 1 is 1.19 bits per heavy atom. The summed E-state index contributed by atoms with van der Waals surface area (Å²) in [5.41, 5.74) is 3.52. The number of carbonyl (C=O) groups excluding carboxylic acids is 1. The van der Waals surface area contributed by atoms with Gasteiger partial charge >= 0.3 is 0 Å². The molecule has 0 unspecified atom stereocenters. The number of anilines is 1. The lowest BCUT2D eigenvalue weighted by Crippen LogP contribution is -2.21. The molecule has 3 aromatic rings. The minimum absolute atomic E-state index is 0.0851. The molecule has 0 aliphatic heterocycles. The topological polar surface area (TPSA) is 55.6 Å². The number of benzene rings is 1. The number of nitrogens with one attached hydrogen (secondary N) is 1. The maximum absolute atomic E-state index is 12.8. The summed E-state index contributed by atoms with van der Waals surface area (Å²) in [4.78, 5) is 17.6. The molecule has 1 aliphatic rings. The van der Waals surface area contributed by atoms with Gasteiger partial charge in [0, 0.05) is 17.7 Å². The first-order valence-corrected chi connectivity index (χ1v) is 9.10. The number of aryl methyl sites for hydroxylation is 1. The van der Waals surface area contributed by atoms with Gasteiger partial charge in [-0.3, -0.25) is 9.20 Å². The van der Waals surface area contributed by atoms with Crippen molar-refractivity contribution in [2.45, 2.75) is 32.6 Å². The van der Waals surface area contributed by atoms with Crippen LogP contribution in [-0.2, 0) is 4.79 Å². The van der Waals surface area contributed by atoms with Crippen LogP contribution >= 0.6 is 0 Å². The summed E-state index contributed by atoms with van der Waals surface area (Å²) in [7, 11) is 1.65. The van der Waals surface area contributed by atoms with Crippen molar-refractivity contribution in [3.8, 4) is 17.0 Å². The van der Waals surface area contributed by atoms with Crippen LogP contribution in [0.15, 0.2) is 42.6 Å². The Morgan fingerprint density at radius 3 is 2.73 bits per heavy atom. The molecule has 2 aromatic heterocycles. The van der Waals surface area contributed by atoms with Crippen LogP contribution in [0.25, 0.3) is 16.9 Å². The molecule has 1 aromatic carbocycles. The minimum atomic E-state index is 0.0851.